The lowest BCUT2D eigenvalue weighted by molar-refractivity contribution is -0.0825. The van der Waals surface area contributed by atoms with Crippen molar-refractivity contribution in [3.8, 4) is 0 Å². The zero-order chi connectivity index (χ0) is 20.6. The minimum atomic E-state index is 0.673. The molecule has 3 unspecified atom stereocenters. The molecule has 0 saturated carbocycles. The standard InChI is InChI=1S/C24H51N3/c1-19(2)10-13-22(7)25-16-26(23(8)14-11-20(3)4)18-27(17-25)24(9)15-12-21(5)6/h19-24H,10-18H2,1-9H3. The molecule has 0 aliphatic carbocycles. The Morgan fingerprint density at radius 1 is 0.407 bits per heavy atom. The molecule has 1 fully saturated rings. The molecule has 0 aromatic heterocycles. The third kappa shape index (κ3) is 9.76. The van der Waals surface area contributed by atoms with Gasteiger partial charge in [-0.15, -0.1) is 0 Å². The third-order valence-electron chi connectivity index (χ3n) is 6.45. The van der Waals surface area contributed by atoms with E-state index in [4.69, 9.17) is 0 Å². The summed E-state index contributed by atoms with van der Waals surface area (Å²) in [7, 11) is 0. The third-order valence-corrected chi connectivity index (χ3v) is 6.45. The molecule has 1 rings (SSSR count). The topological polar surface area (TPSA) is 9.72 Å². The number of nitrogens with zero attached hydrogens (tertiary/aromatic N) is 3. The van der Waals surface area contributed by atoms with Crippen molar-refractivity contribution in [2.45, 2.75) is 119 Å². The SMILES string of the molecule is CC(C)CCC(C)N1CN(C(C)CCC(C)C)CN(C(C)CCC(C)C)C1. The van der Waals surface area contributed by atoms with Crippen molar-refractivity contribution >= 4 is 0 Å². The molecule has 1 saturated heterocycles. The number of hydrogen-bond acceptors (Lipinski definition) is 3. The van der Waals surface area contributed by atoms with Gasteiger partial charge in [0, 0.05) is 18.1 Å². The summed E-state index contributed by atoms with van der Waals surface area (Å²) in [6.45, 7) is 24.9. The summed E-state index contributed by atoms with van der Waals surface area (Å²) in [5.41, 5.74) is 0. The highest BCUT2D eigenvalue weighted by Gasteiger charge is 2.31. The second kappa shape index (κ2) is 12.4. The van der Waals surface area contributed by atoms with Crippen LogP contribution in [0.1, 0.15) is 101 Å². The molecule has 27 heavy (non-hydrogen) atoms. The Hall–Kier alpha value is -0.120. The Morgan fingerprint density at radius 3 is 0.815 bits per heavy atom. The first kappa shape index (κ1) is 24.9. The van der Waals surface area contributed by atoms with E-state index in [9.17, 15) is 0 Å². The normalized spacial score (nSPS) is 21.3. The van der Waals surface area contributed by atoms with Gasteiger partial charge in [-0.2, -0.15) is 0 Å². The van der Waals surface area contributed by atoms with Crippen LogP contribution in [0.2, 0.25) is 0 Å². The number of rotatable bonds is 12. The van der Waals surface area contributed by atoms with Crippen LogP contribution in [0.3, 0.4) is 0 Å². The van der Waals surface area contributed by atoms with Gasteiger partial charge in [0.15, 0.2) is 0 Å². The first-order valence-corrected chi connectivity index (χ1v) is 11.8. The van der Waals surface area contributed by atoms with Crippen molar-refractivity contribution < 1.29 is 0 Å². The van der Waals surface area contributed by atoms with Gasteiger partial charge < -0.3 is 0 Å². The molecule has 1 aliphatic heterocycles. The van der Waals surface area contributed by atoms with E-state index in [0.29, 0.717) is 18.1 Å². The molecule has 3 nitrogen and oxygen atoms in total. The predicted molar refractivity (Wildman–Crippen MR) is 121 cm³/mol. The molecule has 0 N–H and O–H groups in total. The lowest BCUT2D eigenvalue weighted by atomic mass is 10.0. The van der Waals surface area contributed by atoms with Crippen LogP contribution >= 0.6 is 0 Å². The van der Waals surface area contributed by atoms with Gasteiger partial charge >= 0.3 is 0 Å². The molecule has 1 heterocycles. The molecule has 0 radical (unpaired) electrons. The average molecular weight is 382 g/mol. The molecule has 3 heteroatoms. The minimum absolute atomic E-state index is 0.673. The summed E-state index contributed by atoms with van der Waals surface area (Å²) in [5.74, 6) is 2.41. The minimum Gasteiger partial charge on any atom is -0.275 e. The Kier molecular flexibility index (Phi) is 11.5. The lowest BCUT2D eigenvalue weighted by Gasteiger charge is -2.49. The van der Waals surface area contributed by atoms with E-state index in [0.717, 1.165) is 37.8 Å². The molecule has 0 bridgehead atoms. The van der Waals surface area contributed by atoms with Gasteiger partial charge in [0.2, 0.25) is 0 Å². The maximum atomic E-state index is 2.74. The number of hydrogen-bond donors (Lipinski definition) is 0. The van der Waals surface area contributed by atoms with E-state index in [-0.39, 0.29) is 0 Å². The van der Waals surface area contributed by atoms with Crippen molar-refractivity contribution in [1.82, 2.24) is 14.7 Å². The van der Waals surface area contributed by atoms with Crippen molar-refractivity contribution in [2.75, 3.05) is 20.0 Å². The molecular formula is C24H51N3. The zero-order valence-electron chi connectivity index (χ0n) is 20.2. The Balaban J connectivity index is 2.75. The fourth-order valence-corrected chi connectivity index (χ4v) is 3.94. The van der Waals surface area contributed by atoms with Crippen LogP contribution in [-0.4, -0.2) is 52.8 Å². The van der Waals surface area contributed by atoms with E-state index < -0.39 is 0 Å². The van der Waals surface area contributed by atoms with Gasteiger partial charge in [0.1, 0.15) is 0 Å². The van der Waals surface area contributed by atoms with Gasteiger partial charge in [0.05, 0.1) is 20.0 Å². The van der Waals surface area contributed by atoms with Crippen LogP contribution in [0.15, 0.2) is 0 Å². The van der Waals surface area contributed by atoms with Gasteiger partial charge in [-0.1, -0.05) is 41.5 Å². The highest BCUT2D eigenvalue weighted by atomic mass is 15.5. The zero-order valence-corrected chi connectivity index (χ0v) is 20.2. The fraction of sp³-hybridized carbons (Fsp3) is 1.00. The van der Waals surface area contributed by atoms with Crippen LogP contribution in [0.25, 0.3) is 0 Å². The smallest absolute Gasteiger partial charge is 0.0535 e. The molecule has 1 aliphatic rings. The summed E-state index contributed by atoms with van der Waals surface area (Å²) >= 11 is 0. The Labute approximate surface area is 171 Å². The second-order valence-electron chi connectivity index (χ2n) is 10.7. The Bertz CT molecular complexity index is 317. The van der Waals surface area contributed by atoms with Crippen LogP contribution in [0, 0.1) is 17.8 Å². The van der Waals surface area contributed by atoms with Crippen molar-refractivity contribution in [3.05, 3.63) is 0 Å². The molecule has 0 spiro atoms. The first-order chi connectivity index (χ1) is 12.6. The van der Waals surface area contributed by atoms with Gasteiger partial charge in [-0.3, -0.25) is 14.7 Å². The summed E-state index contributed by atoms with van der Waals surface area (Å²) in [4.78, 5) is 8.22. The van der Waals surface area contributed by atoms with Crippen molar-refractivity contribution in [1.29, 1.82) is 0 Å². The second-order valence-corrected chi connectivity index (χ2v) is 10.7. The highest BCUT2D eigenvalue weighted by Crippen LogP contribution is 2.23. The lowest BCUT2D eigenvalue weighted by Crippen LogP contribution is -2.61. The summed E-state index contributed by atoms with van der Waals surface area (Å²) in [5, 5.41) is 0. The molecule has 0 amide bonds. The van der Waals surface area contributed by atoms with Crippen LogP contribution in [-0.2, 0) is 0 Å². The van der Waals surface area contributed by atoms with E-state index >= 15 is 0 Å². The molecular weight excluding hydrogens is 330 g/mol. The highest BCUT2D eigenvalue weighted by molar-refractivity contribution is 4.80. The van der Waals surface area contributed by atoms with Crippen LogP contribution in [0.5, 0.6) is 0 Å². The summed E-state index contributed by atoms with van der Waals surface area (Å²) < 4.78 is 0. The quantitative estimate of drug-likeness (QED) is 0.395. The van der Waals surface area contributed by atoms with E-state index in [1.54, 1.807) is 0 Å². The van der Waals surface area contributed by atoms with Crippen LogP contribution in [0.4, 0.5) is 0 Å². The van der Waals surface area contributed by atoms with Gasteiger partial charge in [-0.05, 0) is 77.0 Å². The molecule has 162 valence electrons. The van der Waals surface area contributed by atoms with E-state index in [1.165, 1.54) is 38.5 Å². The van der Waals surface area contributed by atoms with Crippen molar-refractivity contribution in [3.63, 3.8) is 0 Å². The molecule has 0 aromatic rings. The summed E-state index contributed by atoms with van der Waals surface area (Å²) in [6, 6.07) is 2.02. The molecule has 3 atom stereocenters. The predicted octanol–water partition coefficient (Wildman–Crippen LogP) is 6.25. The van der Waals surface area contributed by atoms with E-state index in [2.05, 4.69) is 77.0 Å². The Morgan fingerprint density at radius 2 is 0.630 bits per heavy atom. The fourth-order valence-electron chi connectivity index (χ4n) is 3.94. The largest absolute Gasteiger partial charge is 0.275 e. The monoisotopic (exact) mass is 381 g/mol. The van der Waals surface area contributed by atoms with Crippen LogP contribution < -0.4 is 0 Å². The van der Waals surface area contributed by atoms with E-state index in [1.807, 2.05) is 0 Å². The van der Waals surface area contributed by atoms with Crippen molar-refractivity contribution in [2.24, 2.45) is 17.8 Å². The summed E-state index contributed by atoms with van der Waals surface area (Å²) in [6.07, 6.45) is 7.97. The first-order valence-electron chi connectivity index (χ1n) is 11.8. The van der Waals surface area contributed by atoms with Gasteiger partial charge in [-0.25, -0.2) is 0 Å². The molecule has 0 aromatic carbocycles. The average Bonchev–Trinajstić information content (AvgIpc) is 2.61. The van der Waals surface area contributed by atoms with Gasteiger partial charge in [0.25, 0.3) is 0 Å². The maximum absolute atomic E-state index is 2.74. The maximum Gasteiger partial charge on any atom is 0.0535 e.